The molecule has 0 aliphatic rings. The van der Waals surface area contributed by atoms with Crippen molar-refractivity contribution in [1.29, 1.82) is 0 Å². The van der Waals surface area contributed by atoms with Crippen molar-refractivity contribution in [2.45, 2.75) is 27.2 Å². The van der Waals surface area contributed by atoms with Gasteiger partial charge in [0.25, 0.3) is 0 Å². The molecule has 11 heavy (non-hydrogen) atoms. The van der Waals surface area contributed by atoms with Crippen molar-refractivity contribution in [3.8, 4) is 0 Å². The Morgan fingerprint density at radius 2 is 1.73 bits per heavy atom. The minimum Gasteiger partial charge on any atom is -0.0683 e. The minimum absolute atomic E-state index is 1.10. The van der Waals surface area contributed by atoms with Gasteiger partial charge in [0.15, 0.2) is 0 Å². The van der Waals surface area contributed by atoms with E-state index in [9.17, 15) is 0 Å². The lowest BCUT2D eigenvalue weighted by molar-refractivity contribution is 1.13. The van der Waals surface area contributed by atoms with Gasteiger partial charge in [0.2, 0.25) is 0 Å². The molecule has 0 radical (unpaired) electrons. The summed E-state index contributed by atoms with van der Waals surface area (Å²) in [5, 5.41) is 0. The Kier molecular flexibility index (Phi) is 6.24. The van der Waals surface area contributed by atoms with Crippen LogP contribution in [0.5, 0.6) is 0 Å². The summed E-state index contributed by atoms with van der Waals surface area (Å²) in [6.45, 7) is 6.15. The van der Waals surface area contributed by atoms with Gasteiger partial charge in [-0.3, -0.25) is 0 Å². The second kappa shape index (κ2) is 6.41. The molecule has 0 nitrogen and oxygen atoms in total. The Morgan fingerprint density at radius 1 is 1.18 bits per heavy atom. The molecular formula is C10H15Br. The largest absolute Gasteiger partial charge is 0.0683 e. The zero-order valence-corrected chi connectivity index (χ0v) is 8.98. The summed E-state index contributed by atoms with van der Waals surface area (Å²) in [6.07, 6.45) is 1.10. The van der Waals surface area contributed by atoms with E-state index < -0.39 is 0 Å². The van der Waals surface area contributed by atoms with E-state index in [1.807, 2.05) is 19.9 Å². The average Bonchev–Trinajstić information content (AvgIpc) is 2.09. The van der Waals surface area contributed by atoms with Crippen LogP contribution in [0, 0.1) is 0 Å². The Bertz CT molecular complexity index is 194. The third-order valence-corrected chi connectivity index (χ3v) is 2.11. The first kappa shape index (κ1) is 10.7. The summed E-state index contributed by atoms with van der Waals surface area (Å²) in [4.78, 5) is 0. The fraction of sp³-hybridized carbons (Fsp3) is 0.400. The van der Waals surface area contributed by atoms with Gasteiger partial charge in [-0.15, -0.1) is 0 Å². The SMILES string of the molecule is CC.CCc1ccccc1Br. The molecule has 0 aromatic heterocycles. The zero-order chi connectivity index (χ0) is 8.69. The fourth-order valence-electron chi connectivity index (χ4n) is 0.785. The van der Waals surface area contributed by atoms with Gasteiger partial charge in [-0.05, 0) is 18.1 Å². The van der Waals surface area contributed by atoms with Gasteiger partial charge < -0.3 is 0 Å². The number of rotatable bonds is 1. The average molecular weight is 215 g/mol. The molecule has 0 heterocycles. The minimum atomic E-state index is 1.10. The first-order valence-corrected chi connectivity index (χ1v) is 4.87. The molecule has 1 aromatic rings. The van der Waals surface area contributed by atoms with Crippen LogP contribution in [-0.2, 0) is 6.42 Å². The summed E-state index contributed by atoms with van der Waals surface area (Å²) in [5.41, 5.74) is 1.37. The Hall–Kier alpha value is -0.300. The van der Waals surface area contributed by atoms with E-state index in [1.165, 1.54) is 10.0 Å². The third kappa shape index (κ3) is 3.57. The highest BCUT2D eigenvalue weighted by Crippen LogP contribution is 2.15. The van der Waals surface area contributed by atoms with Crippen LogP contribution in [0.1, 0.15) is 26.3 Å². The third-order valence-electron chi connectivity index (χ3n) is 1.34. The lowest BCUT2D eigenvalue weighted by Crippen LogP contribution is -1.78. The normalized spacial score (nSPS) is 8.36. The predicted molar refractivity (Wildman–Crippen MR) is 54.9 cm³/mol. The Balaban J connectivity index is 0.000000461. The molecule has 1 rings (SSSR count). The predicted octanol–water partition coefficient (Wildman–Crippen LogP) is 4.04. The maximum atomic E-state index is 3.46. The van der Waals surface area contributed by atoms with Crippen molar-refractivity contribution < 1.29 is 0 Å². The van der Waals surface area contributed by atoms with Gasteiger partial charge >= 0.3 is 0 Å². The molecular weight excluding hydrogens is 200 g/mol. The number of hydrogen-bond acceptors (Lipinski definition) is 0. The molecule has 1 heteroatoms. The van der Waals surface area contributed by atoms with E-state index >= 15 is 0 Å². The number of halogens is 1. The summed E-state index contributed by atoms with van der Waals surface area (Å²) in [6, 6.07) is 8.29. The van der Waals surface area contributed by atoms with Crippen LogP contribution in [0.3, 0.4) is 0 Å². The second-order valence-electron chi connectivity index (χ2n) is 1.94. The maximum absolute atomic E-state index is 3.46. The van der Waals surface area contributed by atoms with E-state index in [-0.39, 0.29) is 0 Å². The Morgan fingerprint density at radius 3 is 2.09 bits per heavy atom. The Labute approximate surface area is 77.8 Å². The highest BCUT2D eigenvalue weighted by molar-refractivity contribution is 9.10. The molecule has 0 spiro atoms. The monoisotopic (exact) mass is 214 g/mol. The van der Waals surface area contributed by atoms with Crippen LogP contribution in [0.4, 0.5) is 0 Å². The lowest BCUT2D eigenvalue weighted by atomic mass is 10.2. The van der Waals surface area contributed by atoms with Crippen LogP contribution in [0.25, 0.3) is 0 Å². The standard InChI is InChI=1S/C8H9Br.C2H6/c1-2-7-5-3-4-6-8(7)9;1-2/h3-6H,2H2,1H3;1-2H3. The van der Waals surface area contributed by atoms with Crippen molar-refractivity contribution in [3.63, 3.8) is 0 Å². The maximum Gasteiger partial charge on any atom is 0.0207 e. The molecule has 0 bridgehead atoms. The van der Waals surface area contributed by atoms with E-state index in [0.717, 1.165) is 6.42 Å². The van der Waals surface area contributed by atoms with Crippen molar-refractivity contribution in [2.24, 2.45) is 0 Å². The van der Waals surface area contributed by atoms with Crippen LogP contribution >= 0.6 is 15.9 Å². The topological polar surface area (TPSA) is 0 Å². The molecule has 0 saturated heterocycles. The van der Waals surface area contributed by atoms with E-state index in [0.29, 0.717) is 0 Å². The van der Waals surface area contributed by atoms with Crippen LogP contribution in [0.2, 0.25) is 0 Å². The van der Waals surface area contributed by atoms with Crippen molar-refractivity contribution in [1.82, 2.24) is 0 Å². The number of aryl methyl sites for hydroxylation is 1. The van der Waals surface area contributed by atoms with Crippen LogP contribution < -0.4 is 0 Å². The summed E-state index contributed by atoms with van der Waals surface area (Å²) in [5.74, 6) is 0. The van der Waals surface area contributed by atoms with Gasteiger partial charge in [-0.25, -0.2) is 0 Å². The first-order valence-electron chi connectivity index (χ1n) is 4.08. The fourth-order valence-corrected chi connectivity index (χ4v) is 1.35. The van der Waals surface area contributed by atoms with Gasteiger partial charge in [0, 0.05) is 4.47 Å². The van der Waals surface area contributed by atoms with Crippen molar-refractivity contribution >= 4 is 15.9 Å². The molecule has 0 N–H and O–H groups in total. The molecule has 0 unspecified atom stereocenters. The summed E-state index contributed by atoms with van der Waals surface area (Å²) < 4.78 is 1.22. The van der Waals surface area contributed by atoms with Crippen molar-refractivity contribution in [3.05, 3.63) is 34.3 Å². The highest BCUT2D eigenvalue weighted by atomic mass is 79.9. The van der Waals surface area contributed by atoms with Gasteiger partial charge in [-0.1, -0.05) is 54.9 Å². The molecule has 0 amide bonds. The number of benzene rings is 1. The molecule has 0 fully saturated rings. The van der Waals surface area contributed by atoms with E-state index in [4.69, 9.17) is 0 Å². The first-order chi connectivity index (χ1) is 5.34. The van der Waals surface area contributed by atoms with Crippen molar-refractivity contribution in [2.75, 3.05) is 0 Å². The molecule has 0 aliphatic carbocycles. The molecule has 1 aromatic carbocycles. The smallest absolute Gasteiger partial charge is 0.0207 e. The number of hydrogen-bond donors (Lipinski definition) is 0. The summed E-state index contributed by atoms with van der Waals surface area (Å²) in [7, 11) is 0. The van der Waals surface area contributed by atoms with Gasteiger partial charge in [0.1, 0.15) is 0 Å². The zero-order valence-electron chi connectivity index (χ0n) is 7.39. The molecule has 0 saturated carbocycles. The van der Waals surface area contributed by atoms with Gasteiger partial charge in [-0.2, -0.15) is 0 Å². The highest BCUT2D eigenvalue weighted by Gasteiger charge is 1.91. The van der Waals surface area contributed by atoms with E-state index in [2.05, 4.69) is 41.1 Å². The summed E-state index contributed by atoms with van der Waals surface area (Å²) >= 11 is 3.46. The molecule has 0 atom stereocenters. The quantitative estimate of drug-likeness (QED) is 0.663. The second-order valence-corrected chi connectivity index (χ2v) is 2.80. The molecule has 0 aliphatic heterocycles. The van der Waals surface area contributed by atoms with E-state index in [1.54, 1.807) is 0 Å². The molecule has 62 valence electrons. The lowest BCUT2D eigenvalue weighted by Gasteiger charge is -1.96. The van der Waals surface area contributed by atoms with Crippen LogP contribution in [-0.4, -0.2) is 0 Å². The van der Waals surface area contributed by atoms with Gasteiger partial charge in [0.05, 0.1) is 0 Å². The van der Waals surface area contributed by atoms with Crippen LogP contribution in [0.15, 0.2) is 28.7 Å².